The number of para-hydroxylation sites is 3. The van der Waals surface area contributed by atoms with E-state index in [0.29, 0.717) is 0 Å². The van der Waals surface area contributed by atoms with Gasteiger partial charge in [0.1, 0.15) is 5.75 Å². The van der Waals surface area contributed by atoms with Gasteiger partial charge in [0.15, 0.2) is 0 Å². The number of aromatic nitrogens is 1. The minimum Gasteiger partial charge on any atom is -0.495 e. The normalized spacial score (nSPS) is 14.5. The predicted octanol–water partition coefficient (Wildman–Crippen LogP) is 6.05. The zero-order chi connectivity index (χ0) is 22.6. The summed E-state index contributed by atoms with van der Waals surface area (Å²) in [5.74, 6) is 0.952. The number of piperazine rings is 1. The number of rotatable bonds is 7. The SMILES string of the molecule is COc1ccccc1N1CCN(Cc2ccc(NSc3cccc4sc(C)nc34)cc2)CC1. The number of anilines is 2. The molecule has 0 atom stereocenters. The highest BCUT2D eigenvalue weighted by Gasteiger charge is 2.19. The molecule has 33 heavy (non-hydrogen) atoms. The van der Waals surface area contributed by atoms with Crippen LogP contribution in [0.15, 0.2) is 71.6 Å². The molecule has 2 heterocycles. The number of hydrogen-bond acceptors (Lipinski definition) is 7. The fraction of sp³-hybridized carbons (Fsp3) is 0.269. The second kappa shape index (κ2) is 10.0. The molecule has 3 aromatic carbocycles. The maximum atomic E-state index is 5.54. The van der Waals surface area contributed by atoms with E-state index in [9.17, 15) is 0 Å². The first-order chi connectivity index (χ1) is 16.2. The molecule has 0 amide bonds. The molecule has 0 saturated carbocycles. The first-order valence-corrected chi connectivity index (χ1v) is 12.8. The van der Waals surface area contributed by atoms with Gasteiger partial charge in [0.2, 0.25) is 0 Å². The number of aryl methyl sites for hydroxylation is 1. The van der Waals surface area contributed by atoms with Gasteiger partial charge in [-0.1, -0.05) is 30.3 Å². The topological polar surface area (TPSA) is 40.6 Å². The van der Waals surface area contributed by atoms with Gasteiger partial charge in [-0.3, -0.25) is 4.90 Å². The molecule has 0 unspecified atom stereocenters. The average molecular weight is 477 g/mol. The second-order valence-corrected chi connectivity index (χ2v) is 10.3. The van der Waals surface area contributed by atoms with Crippen LogP contribution in [-0.2, 0) is 6.54 Å². The van der Waals surface area contributed by atoms with Crippen LogP contribution < -0.4 is 14.4 Å². The zero-order valence-corrected chi connectivity index (χ0v) is 20.6. The third-order valence-electron chi connectivity index (χ3n) is 5.93. The summed E-state index contributed by atoms with van der Waals surface area (Å²) in [5.41, 5.74) is 4.72. The Morgan fingerprint density at radius 2 is 1.76 bits per heavy atom. The Balaban J connectivity index is 1.15. The van der Waals surface area contributed by atoms with E-state index < -0.39 is 0 Å². The average Bonchev–Trinajstić information content (AvgIpc) is 3.25. The summed E-state index contributed by atoms with van der Waals surface area (Å²) in [7, 11) is 1.74. The van der Waals surface area contributed by atoms with Crippen LogP contribution in [0.2, 0.25) is 0 Å². The van der Waals surface area contributed by atoms with Crippen LogP contribution in [0.4, 0.5) is 11.4 Å². The third-order valence-corrected chi connectivity index (χ3v) is 7.75. The van der Waals surface area contributed by atoms with Crippen molar-refractivity contribution in [3.8, 4) is 5.75 Å². The minimum atomic E-state index is 0.952. The Morgan fingerprint density at radius 3 is 2.55 bits per heavy atom. The fourth-order valence-corrected chi connectivity index (χ4v) is 5.89. The van der Waals surface area contributed by atoms with Crippen molar-refractivity contribution in [1.82, 2.24) is 9.88 Å². The quantitative estimate of drug-likeness (QED) is 0.327. The molecule has 5 nitrogen and oxygen atoms in total. The summed E-state index contributed by atoms with van der Waals surface area (Å²) >= 11 is 3.37. The van der Waals surface area contributed by atoms with Crippen molar-refractivity contribution in [1.29, 1.82) is 0 Å². The lowest BCUT2D eigenvalue weighted by Gasteiger charge is -2.36. The van der Waals surface area contributed by atoms with Gasteiger partial charge in [0, 0.05) is 38.4 Å². The highest BCUT2D eigenvalue weighted by atomic mass is 32.2. The number of nitrogens with one attached hydrogen (secondary N) is 1. The molecule has 1 aliphatic rings. The molecule has 1 aromatic heterocycles. The summed E-state index contributed by atoms with van der Waals surface area (Å²) in [6.07, 6.45) is 0. The molecule has 1 fully saturated rings. The van der Waals surface area contributed by atoms with E-state index in [1.165, 1.54) is 16.0 Å². The Kier molecular flexibility index (Phi) is 6.71. The maximum absolute atomic E-state index is 5.54. The zero-order valence-electron chi connectivity index (χ0n) is 19.0. The molecule has 0 aliphatic carbocycles. The molecule has 0 radical (unpaired) electrons. The lowest BCUT2D eigenvalue weighted by molar-refractivity contribution is 0.249. The summed E-state index contributed by atoms with van der Waals surface area (Å²) in [4.78, 5) is 10.8. The molecule has 1 aliphatic heterocycles. The van der Waals surface area contributed by atoms with Gasteiger partial charge in [0.25, 0.3) is 0 Å². The van der Waals surface area contributed by atoms with E-state index in [1.54, 1.807) is 30.4 Å². The molecule has 1 N–H and O–H groups in total. The first-order valence-electron chi connectivity index (χ1n) is 11.2. The smallest absolute Gasteiger partial charge is 0.142 e. The van der Waals surface area contributed by atoms with Gasteiger partial charge in [0.05, 0.1) is 32.9 Å². The highest BCUT2D eigenvalue weighted by molar-refractivity contribution is 8.00. The lowest BCUT2D eigenvalue weighted by atomic mass is 10.1. The lowest BCUT2D eigenvalue weighted by Crippen LogP contribution is -2.46. The number of thiazole rings is 1. The number of benzene rings is 3. The molecule has 0 spiro atoms. The summed E-state index contributed by atoms with van der Waals surface area (Å²) in [5, 5.41) is 1.10. The van der Waals surface area contributed by atoms with E-state index in [1.807, 2.05) is 12.1 Å². The largest absolute Gasteiger partial charge is 0.495 e. The molecule has 5 rings (SSSR count). The Morgan fingerprint density at radius 1 is 0.970 bits per heavy atom. The predicted molar refractivity (Wildman–Crippen MR) is 141 cm³/mol. The third kappa shape index (κ3) is 5.11. The number of ether oxygens (including phenoxy) is 1. The molecule has 4 aromatic rings. The maximum Gasteiger partial charge on any atom is 0.142 e. The number of fused-ring (bicyclic) bond motifs is 1. The van der Waals surface area contributed by atoms with Gasteiger partial charge in [-0.05, 0) is 60.8 Å². The number of hydrogen-bond donors (Lipinski definition) is 1. The van der Waals surface area contributed by atoms with Crippen molar-refractivity contribution in [2.24, 2.45) is 0 Å². The van der Waals surface area contributed by atoms with Crippen LogP contribution in [-0.4, -0.2) is 43.2 Å². The van der Waals surface area contributed by atoms with Crippen molar-refractivity contribution in [3.05, 3.63) is 77.3 Å². The van der Waals surface area contributed by atoms with Gasteiger partial charge in [-0.25, -0.2) is 4.98 Å². The molecular weight excluding hydrogens is 448 g/mol. The Labute approximate surface area is 203 Å². The van der Waals surface area contributed by atoms with Gasteiger partial charge >= 0.3 is 0 Å². The van der Waals surface area contributed by atoms with E-state index >= 15 is 0 Å². The van der Waals surface area contributed by atoms with Crippen molar-refractivity contribution < 1.29 is 4.74 Å². The second-order valence-electron chi connectivity index (χ2n) is 8.17. The Hall–Kier alpha value is -2.74. The van der Waals surface area contributed by atoms with Gasteiger partial charge in [-0.15, -0.1) is 11.3 Å². The van der Waals surface area contributed by atoms with Crippen LogP contribution in [0.5, 0.6) is 5.75 Å². The van der Waals surface area contributed by atoms with Gasteiger partial charge in [-0.2, -0.15) is 0 Å². The van der Waals surface area contributed by atoms with Crippen LogP contribution in [0.25, 0.3) is 10.2 Å². The summed E-state index contributed by atoms with van der Waals surface area (Å²) in [6, 6.07) is 23.4. The van der Waals surface area contributed by atoms with Crippen molar-refractivity contribution in [2.45, 2.75) is 18.4 Å². The summed E-state index contributed by atoms with van der Waals surface area (Å²) in [6.45, 7) is 7.15. The number of methoxy groups -OCH3 is 1. The van der Waals surface area contributed by atoms with Crippen LogP contribution >= 0.6 is 23.3 Å². The minimum absolute atomic E-state index is 0.952. The molecule has 0 bridgehead atoms. The van der Waals surface area contributed by atoms with Crippen molar-refractivity contribution >= 4 is 44.9 Å². The van der Waals surface area contributed by atoms with E-state index in [2.05, 4.69) is 81.0 Å². The van der Waals surface area contributed by atoms with Crippen LogP contribution in [0.3, 0.4) is 0 Å². The fourth-order valence-electron chi connectivity index (χ4n) is 4.20. The standard InChI is InChI=1S/C26H28N4OS2/c1-19-27-26-24(32-19)8-5-9-25(26)33-28-21-12-10-20(11-13-21)18-29-14-16-30(17-15-29)22-6-3-4-7-23(22)31-2/h3-13,28H,14-18H2,1-2H3. The van der Waals surface area contributed by atoms with E-state index in [-0.39, 0.29) is 0 Å². The Bertz CT molecular complexity index is 1220. The molecular formula is C26H28N4OS2. The number of nitrogens with zero attached hydrogens (tertiary/aromatic N) is 3. The van der Waals surface area contributed by atoms with Crippen molar-refractivity contribution in [2.75, 3.05) is 42.9 Å². The molecule has 1 saturated heterocycles. The first kappa shape index (κ1) is 22.1. The summed E-state index contributed by atoms with van der Waals surface area (Å²) < 4.78 is 10.3. The highest BCUT2D eigenvalue weighted by Crippen LogP contribution is 2.32. The van der Waals surface area contributed by atoms with Crippen LogP contribution in [0, 0.1) is 6.92 Å². The van der Waals surface area contributed by atoms with Crippen molar-refractivity contribution in [3.63, 3.8) is 0 Å². The monoisotopic (exact) mass is 476 g/mol. The van der Waals surface area contributed by atoms with Gasteiger partial charge < -0.3 is 14.4 Å². The van der Waals surface area contributed by atoms with E-state index in [0.717, 1.165) is 59.6 Å². The van der Waals surface area contributed by atoms with E-state index in [4.69, 9.17) is 4.74 Å². The van der Waals surface area contributed by atoms with Crippen LogP contribution in [0.1, 0.15) is 10.6 Å². The molecule has 7 heteroatoms. The molecule has 170 valence electrons.